The number of halogens is 2. The van der Waals surface area contributed by atoms with Gasteiger partial charge in [-0.3, -0.25) is 4.79 Å². The van der Waals surface area contributed by atoms with E-state index in [1.54, 1.807) is 0 Å². The van der Waals surface area contributed by atoms with Gasteiger partial charge in [0.05, 0.1) is 0 Å². The summed E-state index contributed by atoms with van der Waals surface area (Å²) in [5.41, 5.74) is 3.93. The van der Waals surface area contributed by atoms with E-state index in [2.05, 4.69) is 38.8 Å². The molecule has 1 atom stereocenters. The number of carbonyl (C=O) groups is 1. The van der Waals surface area contributed by atoms with Gasteiger partial charge in [-0.1, -0.05) is 81.6 Å². The van der Waals surface area contributed by atoms with E-state index in [-0.39, 0.29) is 5.78 Å². The summed E-state index contributed by atoms with van der Waals surface area (Å²) < 4.78 is 2.04. The quantitative estimate of drug-likeness (QED) is 0.448. The van der Waals surface area contributed by atoms with E-state index in [4.69, 9.17) is 0 Å². The molecule has 128 valence electrons. The summed E-state index contributed by atoms with van der Waals surface area (Å²) in [5, 5.41) is 0. The second-order valence-electron chi connectivity index (χ2n) is 6.39. The first-order valence-corrected chi connectivity index (χ1v) is 10.1. The van der Waals surface area contributed by atoms with Crippen molar-refractivity contribution in [1.29, 1.82) is 0 Å². The molecular weight excluding hydrogens is 440 g/mol. The molecule has 1 fully saturated rings. The maximum absolute atomic E-state index is 13.1. The Kier molecular flexibility index (Phi) is 6.08. The number of allylic oxidation sites excluding steroid dienone is 2. The molecule has 2 aromatic carbocycles. The van der Waals surface area contributed by atoms with Crippen LogP contribution in [-0.4, -0.2) is 5.78 Å². The van der Waals surface area contributed by atoms with E-state index in [9.17, 15) is 4.79 Å². The van der Waals surface area contributed by atoms with Crippen molar-refractivity contribution < 1.29 is 4.79 Å². The first-order chi connectivity index (χ1) is 12.1. The molecule has 0 radical (unpaired) electrons. The average molecular weight is 460 g/mol. The molecule has 0 aromatic heterocycles. The van der Waals surface area contributed by atoms with E-state index in [0.717, 1.165) is 50.5 Å². The normalized spacial score (nSPS) is 21.1. The lowest BCUT2D eigenvalue weighted by Gasteiger charge is -2.25. The number of ketones is 1. The van der Waals surface area contributed by atoms with Gasteiger partial charge in [-0.05, 0) is 54.2 Å². The minimum atomic E-state index is 0.177. The van der Waals surface area contributed by atoms with Crippen LogP contribution in [0, 0.1) is 5.92 Å². The Bertz CT molecular complexity index is 781. The van der Waals surface area contributed by atoms with Gasteiger partial charge in [-0.2, -0.15) is 0 Å². The van der Waals surface area contributed by atoms with Crippen molar-refractivity contribution >= 4 is 49.8 Å². The highest BCUT2D eigenvalue weighted by molar-refractivity contribution is 9.10. The van der Waals surface area contributed by atoms with Gasteiger partial charge in [0.2, 0.25) is 0 Å². The van der Waals surface area contributed by atoms with Crippen molar-refractivity contribution in [2.45, 2.75) is 26.2 Å². The fourth-order valence-corrected chi connectivity index (χ4v) is 3.98. The standard InChI is InChI=1S/C22H20Br2O/c1-2-15-11-18(13-16-7-3-5-9-20(16)23)22(25)19(12-15)14-17-8-4-6-10-21(17)24/h3-10,13-15H,2,11-12H2,1H3/b18-13-,19-14+. The van der Waals surface area contributed by atoms with Crippen LogP contribution in [0.15, 0.2) is 68.6 Å². The molecule has 2 aromatic rings. The number of rotatable bonds is 3. The molecule has 0 bridgehead atoms. The molecule has 1 saturated carbocycles. The Morgan fingerprint density at radius 1 is 0.880 bits per heavy atom. The van der Waals surface area contributed by atoms with Crippen LogP contribution in [0.1, 0.15) is 37.3 Å². The molecule has 0 spiro atoms. The zero-order valence-electron chi connectivity index (χ0n) is 14.1. The molecule has 25 heavy (non-hydrogen) atoms. The average Bonchev–Trinajstić information content (AvgIpc) is 2.62. The Balaban J connectivity index is 2.00. The molecule has 1 unspecified atom stereocenters. The second kappa shape index (κ2) is 8.29. The maximum Gasteiger partial charge on any atom is 0.185 e. The third kappa shape index (κ3) is 4.39. The first kappa shape index (κ1) is 18.3. The Morgan fingerprint density at radius 3 is 1.72 bits per heavy atom. The minimum absolute atomic E-state index is 0.177. The van der Waals surface area contributed by atoms with Crippen molar-refractivity contribution in [3.8, 4) is 0 Å². The number of hydrogen-bond acceptors (Lipinski definition) is 1. The summed E-state index contributed by atoms with van der Waals surface area (Å²) in [6.45, 7) is 2.20. The summed E-state index contributed by atoms with van der Waals surface area (Å²) in [7, 11) is 0. The van der Waals surface area contributed by atoms with Crippen molar-refractivity contribution in [3.05, 3.63) is 79.7 Å². The fraction of sp³-hybridized carbons (Fsp3) is 0.227. The van der Waals surface area contributed by atoms with Gasteiger partial charge in [-0.25, -0.2) is 0 Å². The fourth-order valence-electron chi connectivity index (χ4n) is 3.18. The summed E-state index contributed by atoms with van der Waals surface area (Å²) in [4.78, 5) is 13.1. The Labute approximate surface area is 166 Å². The lowest BCUT2D eigenvalue weighted by atomic mass is 9.79. The van der Waals surface area contributed by atoms with Crippen LogP contribution in [0.25, 0.3) is 12.2 Å². The highest BCUT2D eigenvalue weighted by Gasteiger charge is 2.27. The van der Waals surface area contributed by atoms with Crippen LogP contribution in [0.3, 0.4) is 0 Å². The Morgan fingerprint density at radius 2 is 1.32 bits per heavy atom. The van der Waals surface area contributed by atoms with Gasteiger partial charge in [0.1, 0.15) is 0 Å². The van der Waals surface area contributed by atoms with Gasteiger partial charge < -0.3 is 0 Å². The number of hydrogen-bond donors (Lipinski definition) is 0. The van der Waals surface area contributed by atoms with Crippen molar-refractivity contribution in [3.63, 3.8) is 0 Å². The lowest BCUT2D eigenvalue weighted by Crippen LogP contribution is -2.19. The van der Waals surface area contributed by atoms with E-state index < -0.39 is 0 Å². The minimum Gasteiger partial charge on any atom is -0.289 e. The molecule has 0 aliphatic heterocycles. The van der Waals surface area contributed by atoms with Crippen molar-refractivity contribution in [1.82, 2.24) is 0 Å². The summed E-state index contributed by atoms with van der Waals surface area (Å²) in [6.07, 6.45) is 6.87. The van der Waals surface area contributed by atoms with Crippen LogP contribution < -0.4 is 0 Å². The second-order valence-corrected chi connectivity index (χ2v) is 8.10. The Hall–Kier alpha value is -1.45. The molecular formula is C22H20Br2O. The molecule has 3 heteroatoms. The van der Waals surface area contributed by atoms with E-state index in [0.29, 0.717) is 5.92 Å². The molecule has 1 aliphatic rings. The zero-order valence-corrected chi connectivity index (χ0v) is 17.3. The molecule has 0 N–H and O–H groups in total. The van der Waals surface area contributed by atoms with Crippen LogP contribution in [0.4, 0.5) is 0 Å². The zero-order chi connectivity index (χ0) is 17.8. The van der Waals surface area contributed by atoms with Gasteiger partial charge in [0, 0.05) is 20.1 Å². The summed E-state index contributed by atoms with van der Waals surface area (Å²) in [6, 6.07) is 16.1. The third-order valence-corrected chi connectivity index (χ3v) is 6.09. The summed E-state index contributed by atoms with van der Waals surface area (Å²) in [5.74, 6) is 0.691. The van der Waals surface area contributed by atoms with Gasteiger partial charge in [0.15, 0.2) is 5.78 Å². The molecule has 0 amide bonds. The third-order valence-electron chi connectivity index (χ3n) is 4.65. The predicted molar refractivity (Wildman–Crippen MR) is 112 cm³/mol. The van der Waals surface area contributed by atoms with Crippen LogP contribution in [-0.2, 0) is 4.79 Å². The lowest BCUT2D eigenvalue weighted by molar-refractivity contribution is -0.113. The van der Waals surface area contributed by atoms with Gasteiger partial charge in [-0.15, -0.1) is 0 Å². The van der Waals surface area contributed by atoms with Gasteiger partial charge >= 0.3 is 0 Å². The highest BCUT2D eigenvalue weighted by Crippen LogP contribution is 2.35. The van der Waals surface area contributed by atoms with Crippen LogP contribution >= 0.6 is 31.9 Å². The van der Waals surface area contributed by atoms with Crippen LogP contribution in [0.5, 0.6) is 0 Å². The van der Waals surface area contributed by atoms with E-state index in [1.165, 1.54) is 0 Å². The number of benzene rings is 2. The molecule has 0 heterocycles. The molecule has 0 saturated heterocycles. The van der Waals surface area contributed by atoms with E-state index >= 15 is 0 Å². The summed E-state index contributed by atoms with van der Waals surface area (Å²) >= 11 is 7.15. The molecule has 3 rings (SSSR count). The number of carbonyl (C=O) groups excluding carboxylic acids is 1. The highest BCUT2D eigenvalue weighted by atomic mass is 79.9. The topological polar surface area (TPSA) is 17.1 Å². The maximum atomic E-state index is 13.1. The van der Waals surface area contributed by atoms with Gasteiger partial charge in [0.25, 0.3) is 0 Å². The van der Waals surface area contributed by atoms with Crippen molar-refractivity contribution in [2.75, 3.05) is 0 Å². The largest absolute Gasteiger partial charge is 0.289 e. The SMILES string of the molecule is CCC1C/C(=C/c2ccccc2Br)C(=O)/C(=C/c2ccccc2Br)C1. The smallest absolute Gasteiger partial charge is 0.185 e. The number of Topliss-reactive ketones (excluding diaryl/α,β-unsaturated/α-hetero) is 1. The molecule has 1 aliphatic carbocycles. The van der Waals surface area contributed by atoms with E-state index in [1.807, 2.05) is 60.7 Å². The van der Waals surface area contributed by atoms with Crippen LogP contribution in [0.2, 0.25) is 0 Å². The van der Waals surface area contributed by atoms with Crippen molar-refractivity contribution in [2.24, 2.45) is 5.92 Å². The first-order valence-electron chi connectivity index (χ1n) is 8.53. The predicted octanol–water partition coefficient (Wildman–Crippen LogP) is 7.07. The monoisotopic (exact) mass is 458 g/mol. The molecule has 1 nitrogen and oxygen atoms in total.